The van der Waals surface area contributed by atoms with Crippen molar-refractivity contribution in [1.82, 2.24) is 5.32 Å². The first kappa shape index (κ1) is 15.7. The van der Waals surface area contributed by atoms with E-state index in [0.717, 1.165) is 12.8 Å². The van der Waals surface area contributed by atoms with Crippen LogP contribution in [0, 0.1) is 5.82 Å². The van der Waals surface area contributed by atoms with Gasteiger partial charge < -0.3 is 10.4 Å². The smallest absolute Gasteiger partial charge is 0.223 e. The molecule has 0 radical (unpaired) electrons. The van der Waals surface area contributed by atoms with Gasteiger partial charge in [-0.1, -0.05) is 36.4 Å². The minimum atomic E-state index is -1.00. The molecule has 23 heavy (non-hydrogen) atoms. The number of carbonyl (C=O) groups excluding carboxylic acids is 1. The molecular weight excluding hydrogens is 293 g/mol. The SMILES string of the molecule is CC1(NC(=O)CC(O)c2cccc(F)c2)Cc2ccccc2C1. The molecule has 120 valence electrons. The third kappa shape index (κ3) is 3.59. The molecule has 1 atom stereocenters. The van der Waals surface area contributed by atoms with Crippen LogP contribution in [0.2, 0.25) is 0 Å². The third-order valence-corrected chi connectivity index (χ3v) is 4.33. The fraction of sp³-hybridized carbons (Fsp3) is 0.316. The zero-order valence-electron chi connectivity index (χ0n) is 13.1. The van der Waals surface area contributed by atoms with Crippen LogP contribution < -0.4 is 5.32 Å². The number of amides is 1. The Balaban J connectivity index is 1.62. The van der Waals surface area contributed by atoms with E-state index in [0.29, 0.717) is 5.56 Å². The number of hydrogen-bond donors (Lipinski definition) is 2. The van der Waals surface area contributed by atoms with Gasteiger partial charge in [-0.05, 0) is 48.6 Å². The van der Waals surface area contributed by atoms with Crippen molar-refractivity contribution in [1.29, 1.82) is 0 Å². The van der Waals surface area contributed by atoms with Crippen molar-refractivity contribution in [2.75, 3.05) is 0 Å². The van der Waals surface area contributed by atoms with Crippen molar-refractivity contribution in [2.45, 2.75) is 37.8 Å². The quantitative estimate of drug-likeness (QED) is 0.912. The van der Waals surface area contributed by atoms with E-state index in [2.05, 4.69) is 17.4 Å². The zero-order valence-corrected chi connectivity index (χ0v) is 13.1. The lowest BCUT2D eigenvalue weighted by atomic mass is 9.97. The first-order valence-electron chi connectivity index (χ1n) is 7.76. The highest BCUT2D eigenvalue weighted by Crippen LogP contribution is 2.30. The summed E-state index contributed by atoms with van der Waals surface area (Å²) >= 11 is 0. The van der Waals surface area contributed by atoms with Crippen LogP contribution >= 0.6 is 0 Å². The molecule has 3 nitrogen and oxygen atoms in total. The van der Waals surface area contributed by atoms with Crippen LogP contribution in [0.3, 0.4) is 0 Å². The summed E-state index contributed by atoms with van der Waals surface area (Å²) in [6.07, 6.45) is 0.490. The average Bonchev–Trinajstić information content (AvgIpc) is 2.82. The lowest BCUT2D eigenvalue weighted by Gasteiger charge is -2.26. The molecule has 1 unspecified atom stereocenters. The molecule has 0 heterocycles. The molecule has 0 fully saturated rings. The molecular formula is C19H20FNO2. The minimum Gasteiger partial charge on any atom is -0.388 e. The highest BCUT2D eigenvalue weighted by atomic mass is 19.1. The molecule has 2 N–H and O–H groups in total. The Kier molecular flexibility index (Phi) is 4.18. The molecule has 2 aromatic rings. The number of aliphatic hydroxyl groups excluding tert-OH is 1. The van der Waals surface area contributed by atoms with Gasteiger partial charge in [-0.2, -0.15) is 0 Å². The van der Waals surface area contributed by atoms with Crippen LogP contribution in [0.1, 0.15) is 36.1 Å². The number of fused-ring (bicyclic) bond motifs is 1. The number of rotatable bonds is 4. The zero-order chi connectivity index (χ0) is 16.4. The minimum absolute atomic E-state index is 0.0740. The Labute approximate surface area is 135 Å². The van der Waals surface area contributed by atoms with E-state index in [1.54, 1.807) is 6.07 Å². The molecule has 1 aliphatic rings. The van der Waals surface area contributed by atoms with Gasteiger partial charge in [0, 0.05) is 5.54 Å². The highest BCUT2D eigenvalue weighted by molar-refractivity contribution is 5.77. The first-order valence-corrected chi connectivity index (χ1v) is 7.76. The van der Waals surface area contributed by atoms with Crippen molar-refractivity contribution >= 4 is 5.91 Å². The topological polar surface area (TPSA) is 49.3 Å². The lowest BCUT2D eigenvalue weighted by molar-refractivity contribution is -0.124. The van der Waals surface area contributed by atoms with Gasteiger partial charge in [0.15, 0.2) is 0 Å². The average molecular weight is 313 g/mol. The maximum absolute atomic E-state index is 13.2. The molecule has 0 bridgehead atoms. The maximum Gasteiger partial charge on any atom is 0.223 e. The maximum atomic E-state index is 13.2. The van der Waals surface area contributed by atoms with E-state index in [9.17, 15) is 14.3 Å². The summed E-state index contributed by atoms with van der Waals surface area (Å²) in [5.41, 5.74) is 2.59. The van der Waals surface area contributed by atoms with Crippen LogP contribution in [0.4, 0.5) is 4.39 Å². The molecule has 0 aliphatic heterocycles. The largest absolute Gasteiger partial charge is 0.388 e. The Morgan fingerprint density at radius 1 is 1.22 bits per heavy atom. The summed E-state index contributed by atoms with van der Waals surface area (Å²) in [4.78, 5) is 12.3. The summed E-state index contributed by atoms with van der Waals surface area (Å²) in [6.45, 7) is 2.01. The fourth-order valence-corrected chi connectivity index (χ4v) is 3.29. The Morgan fingerprint density at radius 3 is 2.48 bits per heavy atom. The molecule has 4 heteroatoms. The summed E-state index contributed by atoms with van der Waals surface area (Å²) in [5, 5.41) is 13.1. The number of halogens is 1. The fourth-order valence-electron chi connectivity index (χ4n) is 3.29. The standard InChI is InChI=1S/C19H20FNO2/c1-19(11-14-5-2-3-6-15(14)12-19)21-18(23)10-17(22)13-7-4-8-16(20)9-13/h2-9,17,22H,10-12H2,1H3,(H,21,23). The summed E-state index contributed by atoms with van der Waals surface area (Å²) in [6, 6.07) is 13.9. The Bertz CT molecular complexity index is 704. The van der Waals surface area contributed by atoms with Gasteiger partial charge in [-0.15, -0.1) is 0 Å². The van der Waals surface area contributed by atoms with E-state index in [4.69, 9.17) is 0 Å². The second-order valence-corrected chi connectivity index (χ2v) is 6.51. The van der Waals surface area contributed by atoms with Crippen molar-refractivity contribution < 1.29 is 14.3 Å². The van der Waals surface area contributed by atoms with Gasteiger partial charge in [-0.25, -0.2) is 4.39 Å². The van der Waals surface area contributed by atoms with E-state index < -0.39 is 11.9 Å². The predicted octanol–water partition coefficient (Wildman–Crippen LogP) is 2.92. The second kappa shape index (κ2) is 6.13. The Hall–Kier alpha value is -2.20. The van der Waals surface area contributed by atoms with Crippen molar-refractivity contribution in [3.8, 4) is 0 Å². The summed E-state index contributed by atoms with van der Waals surface area (Å²) < 4.78 is 13.2. The molecule has 0 spiro atoms. The first-order chi connectivity index (χ1) is 11.0. The van der Waals surface area contributed by atoms with Crippen LogP contribution in [-0.4, -0.2) is 16.6 Å². The van der Waals surface area contributed by atoms with Crippen LogP contribution in [0.15, 0.2) is 48.5 Å². The number of nitrogens with one attached hydrogen (secondary N) is 1. The Morgan fingerprint density at radius 2 is 1.87 bits per heavy atom. The molecule has 0 saturated heterocycles. The number of benzene rings is 2. The van der Waals surface area contributed by atoms with E-state index >= 15 is 0 Å². The van der Waals surface area contributed by atoms with Gasteiger partial charge in [-0.3, -0.25) is 4.79 Å². The van der Waals surface area contributed by atoms with E-state index in [1.165, 1.54) is 29.3 Å². The van der Waals surface area contributed by atoms with Gasteiger partial charge in [0.2, 0.25) is 5.91 Å². The van der Waals surface area contributed by atoms with Crippen LogP contribution in [0.5, 0.6) is 0 Å². The summed E-state index contributed by atoms with van der Waals surface area (Å²) in [5.74, 6) is -0.641. The molecule has 3 rings (SSSR count). The number of carbonyl (C=O) groups is 1. The molecule has 1 aliphatic carbocycles. The van der Waals surface area contributed by atoms with Crippen molar-refractivity contribution in [3.05, 3.63) is 71.0 Å². The number of hydrogen-bond acceptors (Lipinski definition) is 2. The van der Waals surface area contributed by atoms with Gasteiger partial charge in [0.1, 0.15) is 5.82 Å². The molecule has 0 aromatic heterocycles. The summed E-state index contributed by atoms with van der Waals surface area (Å²) in [7, 11) is 0. The number of aliphatic hydroxyl groups is 1. The van der Waals surface area contributed by atoms with Crippen molar-refractivity contribution in [3.63, 3.8) is 0 Å². The molecule has 0 saturated carbocycles. The molecule has 1 amide bonds. The predicted molar refractivity (Wildman–Crippen MR) is 86.4 cm³/mol. The normalized spacial score (nSPS) is 16.7. The highest BCUT2D eigenvalue weighted by Gasteiger charge is 2.34. The van der Waals surface area contributed by atoms with Crippen molar-refractivity contribution in [2.24, 2.45) is 0 Å². The van der Waals surface area contributed by atoms with E-state index in [1.807, 2.05) is 19.1 Å². The van der Waals surface area contributed by atoms with Crippen LogP contribution in [-0.2, 0) is 17.6 Å². The van der Waals surface area contributed by atoms with Gasteiger partial charge >= 0.3 is 0 Å². The second-order valence-electron chi connectivity index (χ2n) is 6.51. The van der Waals surface area contributed by atoms with Gasteiger partial charge in [0.25, 0.3) is 0 Å². The monoisotopic (exact) mass is 313 g/mol. The van der Waals surface area contributed by atoms with E-state index in [-0.39, 0.29) is 17.9 Å². The van der Waals surface area contributed by atoms with Crippen LogP contribution in [0.25, 0.3) is 0 Å². The third-order valence-electron chi connectivity index (χ3n) is 4.33. The lowest BCUT2D eigenvalue weighted by Crippen LogP contribution is -2.47. The van der Waals surface area contributed by atoms with Gasteiger partial charge in [0.05, 0.1) is 12.5 Å². The molecule has 2 aromatic carbocycles.